The molecule has 0 amide bonds. The zero-order chi connectivity index (χ0) is 4.50. The van der Waals surface area contributed by atoms with Gasteiger partial charge in [0.1, 0.15) is 0 Å². The van der Waals surface area contributed by atoms with Crippen molar-refractivity contribution in [3.63, 3.8) is 0 Å². The minimum atomic E-state index is -5.39. The van der Waals surface area contributed by atoms with Crippen LogP contribution in [0.4, 0.5) is 0 Å². The second kappa shape index (κ2) is 5.29. The molecule has 0 saturated carbocycles. The molecule has 4 nitrogen and oxygen atoms in total. The minimum absolute atomic E-state index is 0. The smallest absolute Gasteiger partial charge is 0.822 e. The van der Waals surface area contributed by atoms with Gasteiger partial charge in [0, 0.05) is 0 Å². The van der Waals surface area contributed by atoms with Crippen LogP contribution in [0.1, 0.15) is 0 Å². The van der Waals surface area contributed by atoms with Crippen LogP contribution in [0.15, 0.2) is 0 Å². The largest absolute Gasteiger partial charge is 2.00 e. The molecule has 0 aromatic carbocycles. The molecule has 0 spiro atoms. The van der Waals surface area contributed by atoms with Crippen LogP contribution in [-0.4, -0.2) is 0 Å². The van der Waals surface area contributed by atoms with E-state index in [-0.39, 0.29) is 34.1 Å². The summed E-state index contributed by atoms with van der Waals surface area (Å²) in [5, 5.41) is 0. The first-order valence-corrected chi connectivity index (χ1v) is 2.19. The van der Waals surface area contributed by atoms with Gasteiger partial charge in [-0.15, -0.1) is 0 Å². The van der Waals surface area contributed by atoms with Crippen LogP contribution in [0.5, 0.6) is 0 Å². The third-order valence-corrected chi connectivity index (χ3v) is 0. The molecule has 0 atom stereocenters. The van der Waals surface area contributed by atoms with Crippen molar-refractivity contribution in [2.24, 2.45) is 0 Å². The van der Waals surface area contributed by atoms with Crippen LogP contribution in [0.2, 0.25) is 0 Å². The fraction of sp³-hybridized carbons (Fsp3) is 0. The predicted octanol–water partition coefficient (Wildman–Crippen LogP) is -2.83. The van der Waals surface area contributed by atoms with Crippen LogP contribution >= 0.6 is 7.82 Å². The van der Waals surface area contributed by atoms with E-state index in [4.69, 9.17) is 19.2 Å². The van der Waals surface area contributed by atoms with Crippen LogP contribution < -0.4 is 14.7 Å². The first kappa shape index (κ1) is 15.7. The summed E-state index contributed by atoms with van der Waals surface area (Å²) in [4.78, 5) is 25.6. The summed E-state index contributed by atoms with van der Waals surface area (Å²) in [5.41, 5.74) is 0. The summed E-state index contributed by atoms with van der Waals surface area (Å²) < 4.78 is 8.55. The van der Waals surface area contributed by atoms with Crippen molar-refractivity contribution in [2.75, 3.05) is 0 Å². The van der Waals surface area contributed by atoms with Crippen LogP contribution in [-0.2, 0) is 38.7 Å². The molecule has 0 N–H and O–H groups in total. The van der Waals surface area contributed by atoms with Gasteiger partial charge in [-0.2, -0.15) is 7.82 Å². The fourth-order valence-electron chi connectivity index (χ4n) is 0. The number of hydrogen-bond donors (Lipinski definition) is 0. The van der Waals surface area contributed by atoms with Crippen LogP contribution in [0, 0.1) is 0 Å². The van der Waals surface area contributed by atoms with Gasteiger partial charge in [0.2, 0.25) is 0 Å². The van der Waals surface area contributed by atoms with Crippen molar-refractivity contribution in [3.05, 3.63) is 0 Å². The number of phosphoric acid groups is 1. The van der Waals surface area contributed by atoms with Crippen LogP contribution in [0.3, 0.4) is 0 Å². The molecule has 0 bridgehead atoms. The molecular weight excluding hydrogens is 205 g/mol. The molecule has 0 aromatic heterocycles. The topological polar surface area (TPSA) is 86.2 Å². The van der Waals surface area contributed by atoms with Gasteiger partial charge in [0.15, 0.2) is 0 Å². The van der Waals surface area contributed by atoms with E-state index >= 15 is 0 Å². The molecule has 0 saturated heterocycles. The number of rotatable bonds is 0. The van der Waals surface area contributed by atoms with Crippen molar-refractivity contribution in [1.82, 2.24) is 0 Å². The molecule has 42 valence electrons. The maximum atomic E-state index is 8.55. The molecular formula is Mn2O4P+. The first-order valence-electron chi connectivity index (χ1n) is 0.730. The van der Waals surface area contributed by atoms with Crippen LogP contribution in [0.25, 0.3) is 0 Å². The van der Waals surface area contributed by atoms with Gasteiger partial charge in [0.05, 0.1) is 0 Å². The summed E-state index contributed by atoms with van der Waals surface area (Å²) in [5.74, 6) is 0. The third kappa shape index (κ3) is 144. The third-order valence-electron chi connectivity index (χ3n) is 0. The maximum absolute atomic E-state index is 8.55. The zero-order valence-corrected chi connectivity index (χ0v) is 6.09. The Kier molecular flexibility index (Phi) is 11.9. The molecule has 0 rings (SSSR count). The summed E-state index contributed by atoms with van der Waals surface area (Å²) in [6.45, 7) is 0. The van der Waals surface area contributed by atoms with E-state index in [1.54, 1.807) is 0 Å². The van der Waals surface area contributed by atoms with E-state index in [1.807, 2.05) is 0 Å². The Labute approximate surface area is 61.5 Å². The van der Waals surface area contributed by atoms with E-state index in [0.717, 1.165) is 0 Å². The molecule has 0 aliphatic heterocycles. The van der Waals surface area contributed by atoms with E-state index in [0.29, 0.717) is 0 Å². The van der Waals surface area contributed by atoms with Crippen molar-refractivity contribution < 1.29 is 53.4 Å². The molecule has 0 heterocycles. The fourth-order valence-corrected chi connectivity index (χ4v) is 0. The summed E-state index contributed by atoms with van der Waals surface area (Å²) in [7, 11) is -5.39. The maximum Gasteiger partial charge on any atom is 2.00 e. The molecule has 0 aliphatic carbocycles. The summed E-state index contributed by atoms with van der Waals surface area (Å²) in [6, 6.07) is 0. The molecule has 2 radical (unpaired) electrons. The Bertz CT molecular complexity index is 55.8. The number of hydrogen-bond acceptors (Lipinski definition) is 4. The van der Waals surface area contributed by atoms with Crippen molar-refractivity contribution in [3.8, 4) is 0 Å². The van der Waals surface area contributed by atoms with E-state index in [9.17, 15) is 0 Å². The SMILES string of the molecule is O=P([O-])([O-])[O-].[Mn+2].[Mn+2]. The van der Waals surface area contributed by atoms with Gasteiger partial charge in [-0.1, -0.05) is 0 Å². The van der Waals surface area contributed by atoms with Gasteiger partial charge >= 0.3 is 34.1 Å². The van der Waals surface area contributed by atoms with Gasteiger partial charge in [-0.05, 0) is 0 Å². The van der Waals surface area contributed by atoms with Crippen molar-refractivity contribution >= 4 is 7.82 Å². The average molecular weight is 205 g/mol. The molecule has 0 fully saturated rings. The van der Waals surface area contributed by atoms with Gasteiger partial charge in [-0.25, -0.2) is 0 Å². The van der Waals surface area contributed by atoms with Crippen molar-refractivity contribution in [1.29, 1.82) is 0 Å². The molecule has 7 heteroatoms. The first-order chi connectivity index (χ1) is 2.00. The Morgan fingerprint density at radius 2 is 1.00 bits per heavy atom. The molecule has 0 unspecified atom stereocenters. The minimum Gasteiger partial charge on any atom is -0.822 e. The van der Waals surface area contributed by atoms with E-state index in [2.05, 4.69) is 0 Å². The van der Waals surface area contributed by atoms with Gasteiger partial charge in [0.25, 0.3) is 0 Å². The summed E-state index contributed by atoms with van der Waals surface area (Å²) in [6.07, 6.45) is 0. The molecule has 7 heavy (non-hydrogen) atoms. The molecule has 0 aliphatic rings. The van der Waals surface area contributed by atoms with Crippen molar-refractivity contribution in [2.45, 2.75) is 0 Å². The van der Waals surface area contributed by atoms with Gasteiger partial charge in [-0.3, -0.25) is 0 Å². The second-order valence-corrected chi connectivity index (χ2v) is 1.34. The Hall–Kier alpha value is 1.15. The van der Waals surface area contributed by atoms with E-state index in [1.165, 1.54) is 0 Å². The Balaban J connectivity index is -0.0000000800. The quantitative estimate of drug-likeness (QED) is 0.315. The second-order valence-electron chi connectivity index (χ2n) is 0.447. The summed E-state index contributed by atoms with van der Waals surface area (Å²) >= 11 is 0. The Morgan fingerprint density at radius 1 is 1.00 bits per heavy atom. The molecule has 0 aromatic rings. The average Bonchev–Trinajstić information content (AvgIpc) is 0.722. The van der Waals surface area contributed by atoms with Gasteiger partial charge < -0.3 is 19.2 Å². The normalized spacial score (nSPS) is 8.43. The predicted molar refractivity (Wildman–Crippen MR) is 7.61 cm³/mol. The monoisotopic (exact) mass is 205 g/mol. The Morgan fingerprint density at radius 3 is 1.00 bits per heavy atom. The standard InChI is InChI=1S/2Mn.H3O4P/c;;1-5(2,3)4/h;;(H3,1,2,3,4)/q2*+2;/p-3. The zero-order valence-electron chi connectivity index (χ0n) is 2.84. The van der Waals surface area contributed by atoms with E-state index < -0.39 is 7.82 Å².